The van der Waals surface area contributed by atoms with Gasteiger partial charge < -0.3 is 9.47 Å². The van der Waals surface area contributed by atoms with Gasteiger partial charge in [-0.05, 0) is 46.9 Å². The lowest BCUT2D eigenvalue weighted by atomic mass is 10.3. The quantitative estimate of drug-likeness (QED) is 0.296. The zero-order valence-electron chi connectivity index (χ0n) is 12.4. The first-order valence-corrected chi connectivity index (χ1v) is 8.41. The Morgan fingerprint density at radius 2 is 2.25 bits per heavy atom. The third-order valence-corrected chi connectivity index (χ3v) is 4.49. The second-order valence-corrected chi connectivity index (χ2v) is 6.57. The van der Waals surface area contributed by atoms with Crippen molar-refractivity contribution in [3.63, 3.8) is 0 Å². The standard InChI is InChI=1S/C14H12IN3O5S/c1-22-9-2-4-12(11(15)6-9)23-8-13(19)17-16-7-10-3-5-14(24-10)18(20)21/h2-7H,8H2,1H3,(H,17,19)/b16-7-. The highest BCUT2D eigenvalue weighted by Crippen LogP contribution is 2.25. The first-order valence-electron chi connectivity index (χ1n) is 6.52. The number of nitro groups is 1. The van der Waals surface area contributed by atoms with Crippen LogP contribution in [-0.2, 0) is 4.79 Å². The van der Waals surface area contributed by atoms with Gasteiger partial charge in [-0.2, -0.15) is 5.10 Å². The number of methoxy groups -OCH3 is 1. The first kappa shape index (κ1) is 18.1. The molecule has 0 spiro atoms. The van der Waals surface area contributed by atoms with Gasteiger partial charge in [0.25, 0.3) is 5.91 Å². The highest BCUT2D eigenvalue weighted by Gasteiger charge is 2.09. The molecule has 0 fully saturated rings. The van der Waals surface area contributed by atoms with Gasteiger partial charge in [-0.15, -0.1) is 0 Å². The van der Waals surface area contributed by atoms with Crippen LogP contribution in [0.25, 0.3) is 0 Å². The maximum Gasteiger partial charge on any atom is 0.324 e. The molecule has 10 heteroatoms. The average Bonchev–Trinajstić information content (AvgIpc) is 3.02. The summed E-state index contributed by atoms with van der Waals surface area (Å²) in [7, 11) is 1.57. The number of thiophene rings is 1. The average molecular weight is 461 g/mol. The van der Waals surface area contributed by atoms with Crippen molar-refractivity contribution in [1.82, 2.24) is 5.43 Å². The van der Waals surface area contributed by atoms with Crippen molar-refractivity contribution in [2.45, 2.75) is 0 Å². The van der Waals surface area contributed by atoms with E-state index in [1.165, 1.54) is 12.3 Å². The third-order valence-electron chi connectivity index (χ3n) is 2.67. The Morgan fingerprint density at radius 3 is 2.88 bits per heavy atom. The van der Waals surface area contributed by atoms with Crippen molar-refractivity contribution in [2.24, 2.45) is 5.10 Å². The molecule has 1 heterocycles. The lowest BCUT2D eigenvalue weighted by Gasteiger charge is -2.08. The van der Waals surface area contributed by atoms with Crippen molar-refractivity contribution in [3.05, 3.63) is 48.9 Å². The molecule has 2 aromatic rings. The van der Waals surface area contributed by atoms with Crippen LogP contribution >= 0.6 is 33.9 Å². The summed E-state index contributed by atoms with van der Waals surface area (Å²) in [6.45, 7) is -0.204. The Hall–Kier alpha value is -2.21. The summed E-state index contributed by atoms with van der Waals surface area (Å²) in [5.74, 6) is 0.819. The van der Waals surface area contributed by atoms with Gasteiger partial charge >= 0.3 is 5.00 Å². The van der Waals surface area contributed by atoms with Crippen molar-refractivity contribution in [1.29, 1.82) is 0 Å². The molecule has 1 amide bonds. The SMILES string of the molecule is COc1ccc(OCC(=O)N/N=C\c2ccc([N+](=O)[O-])s2)c(I)c1. The normalized spacial score (nSPS) is 10.6. The van der Waals surface area contributed by atoms with Crippen LogP contribution in [0.4, 0.5) is 5.00 Å². The van der Waals surface area contributed by atoms with Crippen molar-refractivity contribution in [3.8, 4) is 11.5 Å². The monoisotopic (exact) mass is 461 g/mol. The number of hydrogen-bond acceptors (Lipinski definition) is 7. The van der Waals surface area contributed by atoms with Crippen LogP contribution < -0.4 is 14.9 Å². The molecule has 126 valence electrons. The van der Waals surface area contributed by atoms with Crippen LogP contribution in [0.1, 0.15) is 4.88 Å². The molecule has 0 saturated heterocycles. The van der Waals surface area contributed by atoms with Crippen molar-refractivity contribution < 1.29 is 19.2 Å². The van der Waals surface area contributed by atoms with E-state index in [0.29, 0.717) is 16.4 Å². The van der Waals surface area contributed by atoms with E-state index < -0.39 is 10.8 Å². The molecule has 1 aromatic carbocycles. The summed E-state index contributed by atoms with van der Waals surface area (Å²) in [6.07, 6.45) is 1.34. The highest BCUT2D eigenvalue weighted by molar-refractivity contribution is 14.1. The fourth-order valence-corrected chi connectivity index (χ4v) is 2.91. The van der Waals surface area contributed by atoms with E-state index in [4.69, 9.17) is 9.47 Å². The molecule has 2 rings (SSSR count). The van der Waals surface area contributed by atoms with Crippen LogP contribution in [0.15, 0.2) is 35.4 Å². The molecule has 0 atom stereocenters. The molecular formula is C14H12IN3O5S. The predicted molar refractivity (Wildman–Crippen MR) is 97.9 cm³/mol. The van der Waals surface area contributed by atoms with Gasteiger partial charge in [0.2, 0.25) is 0 Å². The van der Waals surface area contributed by atoms with E-state index >= 15 is 0 Å². The topological polar surface area (TPSA) is 103 Å². The van der Waals surface area contributed by atoms with Gasteiger partial charge in [0.15, 0.2) is 6.61 Å². The lowest BCUT2D eigenvalue weighted by Crippen LogP contribution is -2.24. The summed E-state index contributed by atoms with van der Waals surface area (Å²) in [5.41, 5.74) is 2.30. The van der Waals surface area contributed by atoms with Crippen LogP contribution in [0.5, 0.6) is 11.5 Å². The summed E-state index contributed by atoms with van der Waals surface area (Å²) >= 11 is 3.04. The molecule has 1 aromatic heterocycles. The van der Waals surface area contributed by atoms with E-state index in [-0.39, 0.29) is 11.6 Å². The van der Waals surface area contributed by atoms with E-state index in [1.54, 1.807) is 31.4 Å². The lowest BCUT2D eigenvalue weighted by molar-refractivity contribution is -0.380. The fraction of sp³-hybridized carbons (Fsp3) is 0.143. The predicted octanol–water partition coefficient (Wildman–Crippen LogP) is 2.80. The minimum Gasteiger partial charge on any atom is -0.497 e. The molecule has 0 aliphatic carbocycles. The largest absolute Gasteiger partial charge is 0.497 e. The number of hydrogen-bond donors (Lipinski definition) is 1. The third kappa shape index (κ3) is 5.16. The number of benzene rings is 1. The van der Waals surface area contributed by atoms with Crippen molar-refractivity contribution >= 4 is 51.1 Å². The number of hydrazone groups is 1. The minimum absolute atomic E-state index is 0.0141. The number of carbonyl (C=O) groups is 1. The maximum absolute atomic E-state index is 11.7. The Bertz CT molecular complexity index is 778. The molecule has 8 nitrogen and oxygen atoms in total. The van der Waals surface area contributed by atoms with Gasteiger partial charge in [0, 0.05) is 6.07 Å². The van der Waals surface area contributed by atoms with Gasteiger partial charge in [0.05, 0.1) is 26.7 Å². The van der Waals surface area contributed by atoms with Crippen LogP contribution in [-0.4, -0.2) is 30.8 Å². The van der Waals surface area contributed by atoms with Gasteiger partial charge in [-0.25, -0.2) is 5.43 Å². The van der Waals surface area contributed by atoms with E-state index in [1.807, 2.05) is 0 Å². The number of halogens is 1. The second kappa shape index (κ2) is 8.59. The van der Waals surface area contributed by atoms with Crippen LogP contribution in [0, 0.1) is 13.7 Å². The van der Waals surface area contributed by atoms with Gasteiger partial charge in [-0.3, -0.25) is 14.9 Å². The summed E-state index contributed by atoms with van der Waals surface area (Å²) in [5, 5.41) is 14.3. The molecule has 0 aliphatic heterocycles. The minimum atomic E-state index is -0.481. The molecule has 0 aliphatic rings. The summed E-state index contributed by atoms with van der Waals surface area (Å²) < 4.78 is 11.3. The smallest absolute Gasteiger partial charge is 0.324 e. The number of ether oxygens (including phenoxy) is 2. The Kier molecular flexibility index (Phi) is 6.49. The van der Waals surface area contributed by atoms with Crippen LogP contribution in [0.2, 0.25) is 0 Å². The molecule has 0 unspecified atom stereocenters. The highest BCUT2D eigenvalue weighted by atomic mass is 127. The van der Waals surface area contributed by atoms with Crippen molar-refractivity contribution in [2.75, 3.05) is 13.7 Å². The molecular weight excluding hydrogens is 449 g/mol. The maximum atomic E-state index is 11.7. The first-order chi connectivity index (χ1) is 11.5. The van der Waals surface area contributed by atoms with E-state index in [9.17, 15) is 14.9 Å². The number of nitrogens with one attached hydrogen (secondary N) is 1. The number of rotatable bonds is 7. The Balaban J connectivity index is 1.82. The second-order valence-electron chi connectivity index (χ2n) is 4.31. The zero-order chi connectivity index (χ0) is 17.5. The molecule has 0 radical (unpaired) electrons. The fourth-order valence-electron chi connectivity index (χ4n) is 1.58. The summed E-state index contributed by atoms with van der Waals surface area (Å²) in [6, 6.07) is 8.16. The number of carbonyl (C=O) groups excluding carboxylic acids is 1. The molecule has 1 N–H and O–H groups in total. The molecule has 24 heavy (non-hydrogen) atoms. The molecule has 0 bridgehead atoms. The molecule has 0 saturated carbocycles. The number of nitrogens with zero attached hydrogens (tertiary/aromatic N) is 2. The number of amides is 1. The zero-order valence-corrected chi connectivity index (χ0v) is 15.4. The van der Waals surface area contributed by atoms with Crippen LogP contribution in [0.3, 0.4) is 0 Å². The Labute approximate surface area is 154 Å². The van der Waals surface area contributed by atoms with E-state index in [0.717, 1.165) is 14.9 Å². The summed E-state index contributed by atoms with van der Waals surface area (Å²) in [4.78, 5) is 22.3. The van der Waals surface area contributed by atoms with E-state index in [2.05, 4.69) is 33.1 Å². The van der Waals surface area contributed by atoms with Gasteiger partial charge in [-0.1, -0.05) is 11.3 Å². The van der Waals surface area contributed by atoms with Gasteiger partial charge in [0.1, 0.15) is 11.5 Å². The Morgan fingerprint density at radius 1 is 1.46 bits per heavy atom.